The number of hydrogen-bond acceptors (Lipinski definition) is 2. The van der Waals surface area contributed by atoms with Crippen LogP contribution in [0.25, 0.3) is 0 Å². The average molecular weight is 397 g/mol. The van der Waals surface area contributed by atoms with Crippen molar-refractivity contribution < 1.29 is 14.0 Å². The highest BCUT2D eigenvalue weighted by molar-refractivity contribution is 5.95. The van der Waals surface area contributed by atoms with Crippen molar-refractivity contribution in [1.82, 2.24) is 10.2 Å². The Hall–Kier alpha value is -2.69. The van der Waals surface area contributed by atoms with Gasteiger partial charge in [-0.2, -0.15) is 0 Å². The van der Waals surface area contributed by atoms with E-state index in [0.717, 1.165) is 30.4 Å². The molecule has 3 atom stereocenters. The average Bonchev–Trinajstić information content (AvgIpc) is 2.73. The largest absolute Gasteiger partial charge is 0.353 e. The zero-order chi connectivity index (χ0) is 21.0. The number of piperidine rings is 1. The first-order valence-corrected chi connectivity index (χ1v) is 10.3. The SMILES string of the molecule is CCC(C)NC(=O)C1CCC(c2cccc(C)c2)N(C(=O)c2ccc(F)cc2)C1. The monoisotopic (exact) mass is 396 g/mol. The van der Waals surface area contributed by atoms with E-state index in [4.69, 9.17) is 0 Å². The molecule has 3 unspecified atom stereocenters. The van der Waals surface area contributed by atoms with E-state index in [1.165, 1.54) is 24.3 Å². The van der Waals surface area contributed by atoms with Gasteiger partial charge in [-0.25, -0.2) is 4.39 Å². The summed E-state index contributed by atoms with van der Waals surface area (Å²) in [4.78, 5) is 27.8. The molecule has 2 amide bonds. The summed E-state index contributed by atoms with van der Waals surface area (Å²) in [6, 6.07) is 13.8. The number of nitrogens with one attached hydrogen (secondary N) is 1. The summed E-state index contributed by atoms with van der Waals surface area (Å²) in [6.07, 6.45) is 2.31. The van der Waals surface area contributed by atoms with Crippen molar-refractivity contribution in [2.75, 3.05) is 6.54 Å². The van der Waals surface area contributed by atoms with Crippen LogP contribution in [0.2, 0.25) is 0 Å². The molecule has 1 heterocycles. The van der Waals surface area contributed by atoms with Gasteiger partial charge in [-0.3, -0.25) is 9.59 Å². The summed E-state index contributed by atoms with van der Waals surface area (Å²) >= 11 is 0. The van der Waals surface area contributed by atoms with E-state index in [0.29, 0.717) is 12.1 Å². The van der Waals surface area contributed by atoms with Crippen LogP contribution in [-0.4, -0.2) is 29.3 Å². The fourth-order valence-electron chi connectivity index (χ4n) is 3.85. The van der Waals surface area contributed by atoms with E-state index in [-0.39, 0.29) is 35.6 Å². The molecule has 1 fully saturated rings. The van der Waals surface area contributed by atoms with Crippen LogP contribution >= 0.6 is 0 Å². The zero-order valence-electron chi connectivity index (χ0n) is 17.3. The van der Waals surface area contributed by atoms with Gasteiger partial charge in [0, 0.05) is 18.2 Å². The molecule has 0 aromatic heterocycles. The molecule has 0 bridgehead atoms. The second-order valence-electron chi connectivity index (χ2n) is 7.99. The van der Waals surface area contributed by atoms with Gasteiger partial charge < -0.3 is 10.2 Å². The Balaban J connectivity index is 1.88. The summed E-state index contributed by atoms with van der Waals surface area (Å²) in [5.74, 6) is -0.785. The zero-order valence-corrected chi connectivity index (χ0v) is 17.3. The van der Waals surface area contributed by atoms with Crippen LogP contribution in [-0.2, 0) is 4.79 Å². The van der Waals surface area contributed by atoms with Gasteiger partial charge in [0.1, 0.15) is 5.82 Å². The number of likely N-dealkylation sites (tertiary alicyclic amines) is 1. The van der Waals surface area contributed by atoms with Crippen LogP contribution in [0.15, 0.2) is 48.5 Å². The number of rotatable bonds is 5. The Morgan fingerprint density at radius 2 is 1.90 bits per heavy atom. The summed E-state index contributed by atoms with van der Waals surface area (Å²) in [5, 5.41) is 3.04. The Morgan fingerprint density at radius 1 is 1.17 bits per heavy atom. The molecule has 154 valence electrons. The summed E-state index contributed by atoms with van der Waals surface area (Å²) < 4.78 is 13.3. The van der Waals surface area contributed by atoms with Crippen molar-refractivity contribution in [3.63, 3.8) is 0 Å². The third-order valence-electron chi connectivity index (χ3n) is 5.73. The van der Waals surface area contributed by atoms with E-state index < -0.39 is 0 Å². The number of halogens is 1. The number of carbonyl (C=O) groups excluding carboxylic acids is 2. The van der Waals surface area contributed by atoms with E-state index in [9.17, 15) is 14.0 Å². The van der Waals surface area contributed by atoms with Crippen molar-refractivity contribution in [3.05, 3.63) is 71.0 Å². The predicted octanol–water partition coefficient (Wildman–Crippen LogP) is 4.64. The Bertz CT molecular complexity index is 865. The first kappa shape index (κ1) is 21.0. The number of amides is 2. The lowest BCUT2D eigenvalue weighted by Gasteiger charge is -2.40. The van der Waals surface area contributed by atoms with Crippen LogP contribution in [0.1, 0.15) is 60.6 Å². The Morgan fingerprint density at radius 3 is 2.55 bits per heavy atom. The van der Waals surface area contributed by atoms with Crippen molar-refractivity contribution in [2.45, 2.75) is 52.1 Å². The van der Waals surface area contributed by atoms with Gasteiger partial charge in [0.15, 0.2) is 0 Å². The fourth-order valence-corrected chi connectivity index (χ4v) is 3.85. The van der Waals surface area contributed by atoms with Crippen LogP contribution < -0.4 is 5.32 Å². The lowest BCUT2D eigenvalue weighted by atomic mass is 9.87. The highest BCUT2D eigenvalue weighted by Gasteiger charge is 2.36. The van der Waals surface area contributed by atoms with Crippen molar-refractivity contribution in [3.8, 4) is 0 Å². The molecule has 1 N–H and O–H groups in total. The smallest absolute Gasteiger partial charge is 0.254 e. The molecule has 2 aromatic carbocycles. The van der Waals surface area contributed by atoms with E-state index in [1.807, 2.05) is 39.0 Å². The molecule has 0 spiro atoms. The minimum Gasteiger partial charge on any atom is -0.353 e. The van der Waals surface area contributed by atoms with Gasteiger partial charge >= 0.3 is 0 Å². The molecule has 1 saturated heterocycles. The third kappa shape index (κ3) is 5.03. The van der Waals surface area contributed by atoms with Gasteiger partial charge in [-0.1, -0.05) is 36.8 Å². The second-order valence-corrected chi connectivity index (χ2v) is 7.99. The van der Waals surface area contributed by atoms with Crippen LogP contribution in [0.4, 0.5) is 4.39 Å². The summed E-state index contributed by atoms with van der Waals surface area (Å²) in [7, 11) is 0. The first-order chi connectivity index (χ1) is 13.9. The molecule has 0 saturated carbocycles. The Labute approximate surface area is 172 Å². The normalized spacial score (nSPS) is 20.2. The number of hydrogen-bond donors (Lipinski definition) is 1. The van der Waals surface area contributed by atoms with Gasteiger partial charge in [0.05, 0.1) is 12.0 Å². The van der Waals surface area contributed by atoms with Crippen molar-refractivity contribution in [1.29, 1.82) is 0 Å². The molecule has 29 heavy (non-hydrogen) atoms. The molecule has 4 nitrogen and oxygen atoms in total. The summed E-state index contributed by atoms with van der Waals surface area (Å²) in [6.45, 7) is 6.40. The second kappa shape index (κ2) is 9.21. The van der Waals surface area contributed by atoms with Gasteiger partial charge in [0.25, 0.3) is 5.91 Å². The van der Waals surface area contributed by atoms with Gasteiger partial charge in [-0.15, -0.1) is 0 Å². The van der Waals surface area contributed by atoms with E-state index >= 15 is 0 Å². The maximum absolute atomic E-state index is 13.3. The fraction of sp³-hybridized carbons (Fsp3) is 0.417. The molecule has 2 aromatic rings. The standard InChI is InChI=1S/C24H29FN2O2/c1-4-17(3)26-23(28)20-10-13-22(19-7-5-6-16(2)14-19)27(15-20)24(29)18-8-11-21(25)12-9-18/h5-9,11-12,14,17,20,22H,4,10,13,15H2,1-3H3,(H,26,28). The number of benzene rings is 2. The maximum atomic E-state index is 13.3. The number of carbonyl (C=O) groups is 2. The minimum atomic E-state index is -0.374. The van der Waals surface area contributed by atoms with Crippen LogP contribution in [0, 0.1) is 18.7 Å². The lowest BCUT2D eigenvalue weighted by molar-refractivity contribution is -0.127. The third-order valence-corrected chi connectivity index (χ3v) is 5.73. The van der Waals surface area contributed by atoms with Crippen molar-refractivity contribution in [2.24, 2.45) is 5.92 Å². The van der Waals surface area contributed by atoms with Gasteiger partial charge in [-0.05, 0) is 62.9 Å². The van der Waals surface area contributed by atoms with E-state index in [1.54, 1.807) is 4.90 Å². The molecule has 1 aliphatic rings. The summed E-state index contributed by atoms with van der Waals surface area (Å²) in [5.41, 5.74) is 2.64. The topological polar surface area (TPSA) is 49.4 Å². The molecule has 0 radical (unpaired) electrons. The number of aryl methyl sites for hydroxylation is 1. The predicted molar refractivity (Wildman–Crippen MR) is 112 cm³/mol. The first-order valence-electron chi connectivity index (χ1n) is 10.3. The van der Waals surface area contributed by atoms with Crippen molar-refractivity contribution >= 4 is 11.8 Å². The minimum absolute atomic E-state index is 0.000974. The maximum Gasteiger partial charge on any atom is 0.254 e. The van der Waals surface area contributed by atoms with Crippen LogP contribution in [0.5, 0.6) is 0 Å². The molecular formula is C24H29FN2O2. The number of nitrogens with zero attached hydrogens (tertiary/aromatic N) is 1. The Kier molecular flexibility index (Phi) is 6.68. The quantitative estimate of drug-likeness (QED) is 0.800. The van der Waals surface area contributed by atoms with Crippen LogP contribution in [0.3, 0.4) is 0 Å². The van der Waals surface area contributed by atoms with E-state index in [2.05, 4.69) is 11.4 Å². The molecule has 0 aliphatic carbocycles. The van der Waals surface area contributed by atoms with Gasteiger partial charge in [0.2, 0.25) is 5.91 Å². The highest BCUT2D eigenvalue weighted by Crippen LogP contribution is 2.35. The molecule has 5 heteroatoms. The highest BCUT2D eigenvalue weighted by atomic mass is 19.1. The lowest BCUT2D eigenvalue weighted by Crippen LogP contribution is -2.48. The molecular weight excluding hydrogens is 367 g/mol. The molecule has 1 aliphatic heterocycles. The molecule has 3 rings (SSSR count).